The molecule has 4 unspecified atom stereocenters. The Morgan fingerprint density at radius 1 is 0.600 bits per heavy atom. The summed E-state index contributed by atoms with van der Waals surface area (Å²) < 4.78 is 39.8. The lowest BCUT2D eigenvalue weighted by molar-refractivity contribution is -0.0431. The SMILES string of the molecule is C[Si](C[C@H]1OP(Cl)N2CCC[C@@H]12)(c1ccccc1)c1ccccc1.Cc1cn([C@H]2CC(O)[C@@H](C(C)C)O2)c(=O)[nH]c1=O.Cc1cn([C@H]2CC(OP3O[C@H](C[Si](C)(c4ccccc4)c4ccccc4)[C@@H]4CCCN43)[C@@H](C(C)C)O2)c(=O)[nH]c1=O.S.S. The fraction of sp³-hybridized carbons (Fsp3) is 0.484. The number of benzene rings is 4. The zero-order chi connectivity index (χ0) is 58.7. The van der Waals surface area contributed by atoms with E-state index in [0.717, 1.165) is 38.0 Å². The number of aliphatic hydroxyl groups is 1. The van der Waals surface area contributed by atoms with Crippen LogP contribution >= 0.6 is 54.4 Å². The van der Waals surface area contributed by atoms with Gasteiger partial charge in [-0.3, -0.25) is 28.7 Å². The lowest BCUT2D eigenvalue weighted by atomic mass is 10.0. The quantitative estimate of drug-likeness (QED) is 0.0698. The average molecular weight is 1290 g/mol. The number of aryl methyl sites for hydroxylation is 2. The molecule has 0 aliphatic carbocycles. The van der Waals surface area contributed by atoms with E-state index in [1.807, 2.05) is 13.8 Å². The molecule has 6 aromatic rings. The van der Waals surface area contributed by atoms with Crippen LogP contribution in [0.4, 0.5) is 0 Å². The molecule has 85 heavy (non-hydrogen) atoms. The average Bonchev–Trinajstić information content (AvgIpc) is 1.98. The number of nitrogens with one attached hydrogen (secondary N) is 2. The van der Waals surface area contributed by atoms with Crippen LogP contribution in [0.3, 0.4) is 0 Å². The predicted octanol–water partition coefficient (Wildman–Crippen LogP) is 8.74. The van der Waals surface area contributed by atoms with Gasteiger partial charge in [-0.2, -0.15) is 27.0 Å². The highest BCUT2D eigenvalue weighted by Crippen LogP contribution is 2.60. The van der Waals surface area contributed by atoms with Gasteiger partial charge in [-0.15, -0.1) is 0 Å². The van der Waals surface area contributed by atoms with Crippen LogP contribution in [0.5, 0.6) is 0 Å². The molecular weight excluding hydrogens is 1210 g/mol. The van der Waals surface area contributed by atoms with Crippen molar-refractivity contribution < 1.29 is 28.2 Å². The first-order valence-corrected chi connectivity index (χ1v) is 38.1. The molecule has 16 nitrogen and oxygen atoms in total. The molecule has 6 fully saturated rings. The molecule has 460 valence electrons. The largest absolute Gasteiger partial charge is 0.390 e. The van der Waals surface area contributed by atoms with Gasteiger partial charge < -0.3 is 28.2 Å². The highest BCUT2D eigenvalue weighted by atomic mass is 35.7. The van der Waals surface area contributed by atoms with E-state index in [1.54, 1.807) is 20.0 Å². The molecule has 6 aliphatic heterocycles. The van der Waals surface area contributed by atoms with Gasteiger partial charge in [0, 0.05) is 61.5 Å². The second-order valence-electron chi connectivity index (χ2n) is 24.3. The standard InChI is InChI=1S/C31H40N3O5PSi.C19H23ClNOPSi.C12H18N2O4.2H2S/c1-21(2)29-26(18-28(37-29)33-19-22(3)30(35)32-31(33)36)38-40-34-17-11-16-25(34)27(39-40)20-41(4,23-12-7-5-8-13-23)24-14-9-6-10-15-24;1-24(16-9-4-2-5-10-16,17-11-6-3-7-12-17)15-19-18-13-8-14-21(18)23(20)22-19;1-6(2)10-8(15)4-9(18-10)14-5-7(3)11(16)13-12(14)17;;/h5-10,12-15,19,21,25-29H,11,16-18,20H2,1-4H3,(H,32,35,36);2-7,9-12,18-19H,8,13-15H2,1H3;5-6,8-10,15H,4H2,1-3H3,(H,13,16,17);2*1H2/t25-,26?,27+,28+,29+,40?;18-,19+,23?;8?,9-,10-;;/m001../s1. The van der Waals surface area contributed by atoms with Gasteiger partial charge in [0.25, 0.3) is 19.6 Å². The summed E-state index contributed by atoms with van der Waals surface area (Å²) in [6, 6.07) is 46.9. The Balaban J connectivity index is 0.000000181. The predicted molar refractivity (Wildman–Crippen MR) is 357 cm³/mol. The highest BCUT2D eigenvalue weighted by Gasteiger charge is 2.53. The van der Waals surface area contributed by atoms with Crippen molar-refractivity contribution in [2.24, 2.45) is 11.8 Å². The van der Waals surface area contributed by atoms with Crippen LogP contribution < -0.4 is 43.2 Å². The number of H-pyrrole nitrogens is 2. The third-order valence-corrected chi connectivity index (χ3v) is 30.7. The number of aromatic amines is 2. The molecule has 0 saturated carbocycles. The maximum Gasteiger partial charge on any atom is 0.330 e. The molecule has 0 bridgehead atoms. The Morgan fingerprint density at radius 2 is 0.988 bits per heavy atom. The number of hydrogen-bond donors (Lipinski definition) is 3. The smallest absolute Gasteiger partial charge is 0.330 e. The summed E-state index contributed by atoms with van der Waals surface area (Å²) in [5, 5.41) is 15.7. The molecule has 23 heteroatoms. The minimum Gasteiger partial charge on any atom is -0.390 e. The summed E-state index contributed by atoms with van der Waals surface area (Å²) in [4.78, 5) is 52.2. The number of rotatable bonds is 14. The van der Waals surface area contributed by atoms with E-state index < -0.39 is 67.8 Å². The first-order valence-electron chi connectivity index (χ1n) is 29.5. The Bertz CT molecular complexity index is 3300. The van der Waals surface area contributed by atoms with Crippen LogP contribution in [-0.4, -0.2) is 111 Å². The van der Waals surface area contributed by atoms with Gasteiger partial charge >= 0.3 is 11.4 Å². The van der Waals surface area contributed by atoms with Crippen LogP contribution in [0, 0.1) is 25.7 Å². The van der Waals surface area contributed by atoms with Crippen LogP contribution in [0.2, 0.25) is 25.2 Å². The molecule has 8 heterocycles. The minimum absolute atomic E-state index is 0. The molecule has 2 aromatic heterocycles. The molecule has 6 aliphatic rings. The molecule has 3 N–H and O–H groups in total. The van der Waals surface area contributed by atoms with Crippen molar-refractivity contribution in [1.29, 1.82) is 0 Å². The van der Waals surface area contributed by atoms with Crippen molar-refractivity contribution in [3.05, 3.63) is 187 Å². The van der Waals surface area contributed by atoms with Gasteiger partial charge in [0.1, 0.15) is 28.6 Å². The van der Waals surface area contributed by atoms with E-state index in [9.17, 15) is 24.3 Å². The monoisotopic (exact) mass is 1290 g/mol. The minimum atomic E-state index is -2.09. The van der Waals surface area contributed by atoms with Gasteiger partial charge in [0.2, 0.25) is 7.65 Å². The summed E-state index contributed by atoms with van der Waals surface area (Å²) in [6.07, 6.45) is 6.78. The molecule has 0 spiro atoms. The van der Waals surface area contributed by atoms with Crippen molar-refractivity contribution >= 4 is 91.3 Å². The van der Waals surface area contributed by atoms with E-state index in [4.69, 9.17) is 34.3 Å². The second kappa shape index (κ2) is 29.2. The summed E-state index contributed by atoms with van der Waals surface area (Å²) in [5.74, 6) is 0.365. The molecule has 0 radical (unpaired) electrons. The van der Waals surface area contributed by atoms with Crippen LogP contribution in [0.25, 0.3) is 0 Å². The van der Waals surface area contributed by atoms with E-state index in [0.29, 0.717) is 36.1 Å². The van der Waals surface area contributed by atoms with Crippen LogP contribution in [0.15, 0.2) is 153 Å². The lowest BCUT2D eigenvalue weighted by Crippen LogP contribution is -2.58. The molecule has 0 amide bonds. The van der Waals surface area contributed by atoms with Crippen molar-refractivity contribution in [3.8, 4) is 0 Å². The first-order chi connectivity index (χ1) is 39.8. The third kappa shape index (κ3) is 14.8. The Labute approximate surface area is 522 Å². The fourth-order valence-electron chi connectivity index (χ4n) is 13.2. The number of fused-ring (bicyclic) bond motifs is 2. The number of nitrogens with zero attached hydrogens (tertiary/aromatic N) is 4. The molecule has 12 rings (SSSR count). The van der Waals surface area contributed by atoms with E-state index >= 15 is 0 Å². The van der Waals surface area contributed by atoms with Gasteiger partial charge in [0.05, 0.1) is 36.6 Å². The van der Waals surface area contributed by atoms with Crippen molar-refractivity contribution in [2.45, 2.75) is 166 Å². The van der Waals surface area contributed by atoms with Crippen molar-refractivity contribution in [2.75, 3.05) is 13.1 Å². The highest BCUT2D eigenvalue weighted by molar-refractivity contribution is 7.78. The zero-order valence-corrected chi connectivity index (χ0v) is 56.4. The van der Waals surface area contributed by atoms with Crippen molar-refractivity contribution in [3.63, 3.8) is 0 Å². The Hall–Kier alpha value is -3.80. The molecule has 12 atom stereocenters. The second-order valence-corrected chi connectivity index (χ2v) is 36.2. The summed E-state index contributed by atoms with van der Waals surface area (Å²) in [6.45, 7) is 18.5. The summed E-state index contributed by atoms with van der Waals surface area (Å²) in [7, 11) is -6.11. The Kier molecular flexibility index (Phi) is 23.1. The molecule has 4 aromatic carbocycles. The maximum atomic E-state index is 12.6. The van der Waals surface area contributed by atoms with Gasteiger partial charge in [-0.25, -0.2) is 18.9 Å². The normalized spacial score (nSPS) is 27.3. The summed E-state index contributed by atoms with van der Waals surface area (Å²) in [5.41, 5.74) is -0.799. The van der Waals surface area contributed by atoms with Gasteiger partial charge in [0.15, 0.2) is 0 Å². The number of hydrogen-bond acceptors (Lipinski definition) is 12. The third-order valence-electron chi connectivity index (χ3n) is 17.8. The maximum absolute atomic E-state index is 12.6. The van der Waals surface area contributed by atoms with Gasteiger partial charge in [-0.1, -0.05) is 183 Å². The number of halogens is 1. The van der Waals surface area contributed by atoms with Gasteiger partial charge in [-0.05, 0) is 74.7 Å². The zero-order valence-electron chi connectivity index (χ0n) is 49.9. The van der Waals surface area contributed by atoms with Crippen molar-refractivity contribution in [1.82, 2.24) is 28.4 Å². The van der Waals surface area contributed by atoms with E-state index in [-0.39, 0.29) is 74.9 Å². The fourth-order valence-corrected chi connectivity index (χ4v) is 25.3. The molecular formula is C62H85ClN6O10P2S2Si2. The number of ether oxygens (including phenoxy) is 2. The van der Waals surface area contributed by atoms with Crippen LogP contribution in [0.1, 0.15) is 89.8 Å². The van der Waals surface area contributed by atoms with Crippen LogP contribution in [-0.2, 0) is 23.0 Å². The van der Waals surface area contributed by atoms with E-state index in [1.165, 1.54) is 48.9 Å². The summed E-state index contributed by atoms with van der Waals surface area (Å²) >= 11 is 6.51. The topological polar surface area (TPSA) is 183 Å². The molecule has 6 saturated heterocycles. The number of aromatic nitrogens is 4. The number of aliphatic hydroxyl groups excluding tert-OH is 1. The first kappa shape index (κ1) is 67.1. The van der Waals surface area contributed by atoms with E-state index in [2.05, 4.69) is 168 Å². The Morgan fingerprint density at radius 3 is 1.41 bits per heavy atom. The lowest BCUT2D eigenvalue weighted by Gasteiger charge is -2.32.